The minimum Gasteiger partial charge on any atom is -0.504 e. The quantitative estimate of drug-likeness (QED) is 0.0787. The van der Waals surface area contributed by atoms with E-state index in [0.717, 1.165) is 18.2 Å². The molecule has 2 aromatic rings. The Labute approximate surface area is 243 Å². The summed E-state index contributed by atoms with van der Waals surface area (Å²) in [6.45, 7) is -1.34. The minimum absolute atomic E-state index is 0.349. The van der Waals surface area contributed by atoms with E-state index in [1.807, 2.05) is 0 Å². The average Bonchev–Trinajstić information content (AvgIpc) is 2.99. The van der Waals surface area contributed by atoms with E-state index < -0.39 is 103 Å². The number of hydrogen-bond donors (Lipinski definition) is 11. The molecule has 4 rings (SSSR count). The summed E-state index contributed by atoms with van der Waals surface area (Å²) < 4.78 is 21.4. The number of aliphatic hydroxyl groups excluding tert-OH is 7. The molecule has 0 amide bonds. The first-order valence-electron chi connectivity index (χ1n) is 12.9. The number of aliphatic hydroxyl groups is 7. The maximum absolute atomic E-state index is 12.6. The summed E-state index contributed by atoms with van der Waals surface area (Å²) in [5.74, 6) is -3.83. The molecule has 2 saturated heterocycles. The van der Waals surface area contributed by atoms with E-state index in [1.165, 1.54) is 24.3 Å². The highest BCUT2D eigenvalue weighted by Crippen LogP contribution is 2.40. The zero-order chi connectivity index (χ0) is 31.6. The second-order valence-corrected chi connectivity index (χ2v) is 9.92. The van der Waals surface area contributed by atoms with Gasteiger partial charge in [0.25, 0.3) is 0 Å². The molecule has 0 bridgehead atoms. The Bertz CT molecular complexity index is 1310. The molecule has 10 atom stereocenters. The van der Waals surface area contributed by atoms with Crippen LogP contribution in [0.4, 0.5) is 0 Å². The van der Waals surface area contributed by atoms with Gasteiger partial charge in [-0.25, -0.2) is 0 Å². The van der Waals surface area contributed by atoms with Gasteiger partial charge in [0.2, 0.25) is 12.0 Å². The summed E-state index contributed by atoms with van der Waals surface area (Å²) >= 11 is 0. The molecule has 11 N–H and O–H groups in total. The van der Waals surface area contributed by atoms with Gasteiger partial charge >= 0.3 is 0 Å². The molecule has 0 aliphatic carbocycles. The van der Waals surface area contributed by atoms with Gasteiger partial charge in [0.15, 0.2) is 35.1 Å². The third-order valence-corrected chi connectivity index (χ3v) is 6.99. The maximum atomic E-state index is 12.6. The summed E-state index contributed by atoms with van der Waals surface area (Å²) in [4.78, 5) is 12.6. The summed E-state index contributed by atoms with van der Waals surface area (Å²) in [5.41, 5.74) is -0.00274. The molecule has 16 nitrogen and oxygen atoms in total. The molecular weight excluding hydrogens is 580 g/mol. The van der Waals surface area contributed by atoms with Crippen LogP contribution in [0.3, 0.4) is 0 Å². The molecule has 0 saturated carbocycles. The Morgan fingerprint density at radius 1 is 0.744 bits per heavy atom. The predicted octanol–water partition coefficient (Wildman–Crippen LogP) is -2.59. The normalized spacial score (nSPS) is 33.0. The average molecular weight is 613 g/mol. The Morgan fingerprint density at radius 3 is 2.02 bits per heavy atom. The van der Waals surface area contributed by atoms with Crippen molar-refractivity contribution in [2.24, 2.45) is 0 Å². The van der Waals surface area contributed by atoms with Crippen LogP contribution in [0.15, 0.2) is 36.4 Å². The van der Waals surface area contributed by atoms with Gasteiger partial charge in [0, 0.05) is 0 Å². The van der Waals surface area contributed by atoms with Crippen molar-refractivity contribution in [3.05, 3.63) is 47.5 Å². The standard InChI is InChI=1S/C27H32O16/c28-8-16-20(34)22(36)24(38)26(42-16)40-9-17-21(35)23(37)25(39)27(43-17)41-15-6-3-11(18(32)19(15)33)12(29)4-1-10-2-5-13(30)14(31)7-10/h1-7,16-17,20-28,30-39H,8-9H2/b4-1+/t16-,17-,20-,21-,22-,23-,24-,25-,26-,27-/m1/s1. The number of ketones is 1. The van der Waals surface area contributed by atoms with E-state index in [2.05, 4.69) is 0 Å². The Balaban J connectivity index is 1.44. The van der Waals surface area contributed by atoms with Gasteiger partial charge in [-0.1, -0.05) is 12.1 Å². The van der Waals surface area contributed by atoms with Crippen molar-refractivity contribution >= 4 is 11.9 Å². The third-order valence-electron chi connectivity index (χ3n) is 6.99. The third kappa shape index (κ3) is 6.84. The van der Waals surface area contributed by atoms with Crippen LogP contribution in [0, 0.1) is 0 Å². The maximum Gasteiger partial charge on any atom is 0.229 e. The highest BCUT2D eigenvalue weighted by atomic mass is 16.7. The fraction of sp³-hybridized carbons (Fsp3) is 0.444. The number of carbonyl (C=O) groups is 1. The van der Waals surface area contributed by atoms with Crippen LogP contribution in [0.1, 0.15) is 15.9 Å². The lowest BCUT2D eigenvalue weighted by atomic mass is 9.98. The Morgan fingerprint density at radius 2 is 1.37 bits per heavy atom. The summed E-state index contributed by atoms with van der Waals surface area (Å²) in [6, 6.07) is 5.96. The number of allylic oxidation sites excluding steroid dienone is 1. The van der Waals surface area contributed by atoms with Crippen molar-refractivity contribution in [1.82, 2.24) is 0 Å². The van der Waals surface area contributed by atoms with Crippen LogP contribution in [-0.2, 0) is 14.2 Å². The lowest BCUT2D eigenvalue weighted by Gasteiger charge is -2.42. The first-order chi connectivity index (χ1) is 20.3. The number of rotatable bonds is 9. The number of benzene rings is 2. The molecule has 2 aromatic carbocycles. The number of phenols is 4. The molecule has 16 heteroatoms. The van der Waals surface area contributed by atoms with Gasteiger partial charge in [-0.3, -0.25) is 4.79 Å². The number of hydrogen-bond acceptors (Lipinski definition) is 16. The van der Waals surface area contributed by atoms with Crippen LogP contribution in [-0.4, -0.2) is 137 Å². The van der Waals surface area contributed by atoms with E-state index >= 15 is 0 Å². The number of phenolic OH excluding ortho intramolecular Hbond substituents is 4. The van der Waals surface area contributed by atoms with Gasteiger partial charge in [-0.15, -0.1) is 0 Å². The molecule has 43 heavy (non-hydrogen) atoms. The highest BCUT2D eigenvalue weighted by molar-refractivity contribution is 6.09. The molecule has 0 aromatic heterocycles. The molecule has 0 radical (unpaired) electrons. The van der Waals surface area contributed by atoms with E-state index in [-0.39, 0.29) is 11.3 Å². The molecular formula is C27H32O16. The first kappa shape index (κ1) is 32.4. The van der Waals surface area contributed by atoms with Crippen LogP contribution in [0.5, 0.6) is 28.7 Å². The minimum atomic E-state index is -1.88. The second kappa shape index (κ2) is 13.4. The van der Waals surface area contributed by atoms with E-state index in [0.29, 0.717) is 5.56 Å². The zero-order valence-electron chi connectivity index (χ0n) is 22.2. The molecule has 2 heterocycles. The molecule has 236 valence electrons. The number of carbonyl (C=O) groups excluding carboxylic acids is 1. The van der Waals surface area contributed by atoms with Gasteiger partial charge in [0.1, 0.15) is 48.8 Å². The fourth-order valence-corrected chi connectivity index (χ4v) is 4.43. The molecule has 2 aliphatic heterocycles. The molecule has 2 fully saturated rings. The van der Waals surface area contributed by atoms with Gasteiger partial charge in [0.05, 0.1) is 18.8 Å². The zero-order valence-corrected chi connectivity index (χ0v) is 22.2. The van der Waals surface area contributed by atoms with Crippen LogP contribution < -0.4 is 4.74 Å². The topological polar surface area (TPSA) is 277 Å². The van der Waals surface area contributed by atoms with E-state index in [4.69, 9.17) is 18.9 Å². The summed E-state index contributed by atoms with van der Waals surface area (Å²) in [6.07, 6.45) is -14.4. The van der Waals surface area contributed by atoms with Crippen molar-refractivity contribution in [3.63, 3.8) is 0 Å². The highest BCUT2D eigenvalue weighted by Gasteiger charge is 2.48. The smallest absolute Gasteiger partial charge is 0.229 e. The summed E-state index contributed by atoms with van der Waals surface area (Å²) in [5, 5.41) is 110. The second-order valence-electron chi connectivity index (χ2n) is 9.92. The van der Waals surface area contributed by atoms with E-state index in [1.54, 1.807) is 0 Å². The van der Waals surface area contributed by atoms with Crippen molar-refractivity contribution in [3.8, 4) is 28.7 Å². The Hall–Kier alpha value is -3.55. The van der Waals surface area contributed by atoms with Crippen molar-refractivity contribution in [1.29, 1.82) is 0 Å². The number of aromatic hydroxyl groups is 4. The number of ether oxygens (including phenoxy) is 4. The van der Waals surface area contributed by atoms with E-state index in [9.17, 15) is 61.0 Å². The Kier molecular flexibility index (Phi) is 10.1. The monoisotopic (exact) mass is 612 g/mol. The largest absolute Gasteiger partial charge is 0.504 e. The fourth-order valence-electron chi connectivity index (χ4n) is 4.43. The van der Waals surface area contributed by atoms with Crippen LogP contribution in [0.25, 0.3) is 6.08 Å². The molecule has 0 spiro atoms. The van der Waals surface area contributed by atoms with Gasteiger partial charge in [-0.05, 0) is 35.9 Å². The lowest BCUT2D eigenvalue weighted by Crippen LogP contribution is -2.62. The van der Waals surface area contributed by atoms with Crippen LogP contribution in [0.2, 0.25) is 0 Å². The van der Waals surface area contributed by atoms with Crippen LogP contribution >= 0.6 is 0 Å². The summed E-state index contributed by atoms with van der Waals surface area (Å²) in [7, 11) is 0. The van der Waals surface area contributed by atoms with Gasteiger partial charge < -0.3 is 75.1 Å². The SMILES string of the molecule is O=C(/C=C/c1ccc(O)c(O)c1)c1ccc(O[C@@H]2O[C@H](CO[C@@H]3O[C@H](CO)[C@@H](O)[C@@H](O)[C@H]3O)[C@@H](O)[C@@H](O)[C@H]2O)c(O)c1O. The van der Waals surface area contributed by atoms with Crippen molar-refractivity contribution < 1.29 is 79.9 Å². The molecule has 2 aliphatic rings. The van der Waals surface area contributed by atoms with Crippen molar-refractivity contribution in [2.45, 2.75) is 61.4 Å². The predicted molar refractivity (Wildman–Crippen MR) is 140 cm³/mol. The first-order valence-corrected chi connectivity index (χ1v) is 12.9. The van der Waals surface area contributed by atoms with Gasteiger partial charge in [-0.2, -0.15) is 0 Å². The molecule has 0 unspecified atom stereocenters. The van der Waals surface area contributed by atoms with Crippen molar-refractivity contribution in [2.75, 3.05) is 13.2 Å². The lowest BCUT2D eigenvalue weighted by molar-refractivity contribution is -0.323.